The Balaban J connectivity index is 1.53. The molecule has 1 saturated heterocycles. The maximum absolute atomic E-state index is 13.2. The second-order valence-electron chi connectivity index (χ2n) is 6.93. The highest BCUT2D eigenvalue weighted by molar-refractivity contribution is 7.99. The quantitative estimate of drug-likeness (QED) is 0.560. The molecule has 2 heterocycles. The van der Waals surface area contributed by atoms with Crippen molar-refractivity contribution in [2.75, 3.05) is 42.3 Å². The number of benzene rings is 2. The lowest BCUT2D eigenvalue weighted by molar-refractivity contribution is -0.137. The molecule has 1 aliphatic rings. The van der Waals surface area contributed by atoms with Crippen molar-refractivity contribution in [2.24, 2.45) is 0 Å². The number of carbonyl (C=O) groups is 1. The number of nitrogens with zero attached hydrogens (tertiary/aromatic N) is 4. The minimum absolute atomic E-state index is 0.125. The lowest BCUT2D eigenvalue weighted by Crippen LogP contribution is -2.37. The van der Waals surface area contributed by atoms with Crippen LogP contribution in [0.25, 0.3) is 5.69 Å². The van der Waals surface area contributed by atoms with Crippen molar-refractivity contribution in [1.29, 1.82) is 0 Å². The lowest BCUT2D eigenvalue weighted by atomic mass is 10.1. The first-order valence-electron chi connectivity index (χ1n) is 9.86. The fourth-order valence-electron chi connectivity index (χ4n) is 3.28. The summed E-state index contributed by atoms with van der Waals surface area (Å²) < 4.78 is 46.8. The van der Waals surface area contributed by atoms with Crippen molar-refractivity contribution < 1.29 is 22.7 Å². The van der Waals surface area contributed by atoms with Crippen molar-refractivity contribution >= 4 is 29.3 Å². The monoisotopic (exact) mass is 463 g/mol. The van der Waals surface area contributed by atoms with Crippen LogP contribution in [0.5, 0.6) is 0 Å². The smallest absolute Gasteiger partial charge is 0.378 e. The molecule has 0 spiro atoms. The number of halogens is 3. The highest BCUT2D eigenvalue weighted by Gasteiger charge is 2.33. The lowest BCUT2D eigenvalue weighted by Gasteiger charge is -2.27. The summed E-state index contributed by atoms with van der Waals surface area (Å²) in [4.78, 5) is 14.5. The number of aromatic nitrogens is 3. The molecule has 1 fully saturated rings. The largest absolute Gasteiger partial charge is 0.418 e. The van der Waals surface area contributed by atoms with Crippen molar-refractivity contribution in [3.8, 4) is 5.69 Å². The highest BCUT2D eigenvalue weighted by Crippen LogP contribution is 2.35. The van der Waals surface area contributed by atoms with Gasteiger partial charge in [-0.2, -0.15) is 13.2 Å². The molecule has 1 amide bonds. The predicted octanol–water partition coefficient (Wildman–Crippen LogP) is 3.85. The van der Waals surface area contributed by atoms with E-state index in [1.54, 1.807) is 0 Å². The van der Waals surface area contributed by atoms with Gasteiger partial charge in [-0.05, 0) is 24.3 Å². The molecule has 1 N–H and O–H groups in total. The van der Waals surface area contributed by atoms with Crippen LogP contribution in [0, 0.1) is 0 Å². The number of morpholine rings is 1. The van der Waals surface area contributed by atoms with E-state index in [4.69, 9.17) is 4.74 Å². The van der Waals surface area contributed by atoms with Gasteiger partial charge in [0.2, 0.25) is 11.9 Å². The van der Waals surface area contributed by atoms with Crippen LogP contribution < -0.4 is 10.2 Å². The Morgan fingerprint density at radius 2 is 1.72 bits per heavy atom. The van der Waals surface area contributed by atoms with E-state index in [1.165, 1.54) is 18.2 Å². The van der Waals surface area contributed by atoms with Gasteiger partial charge in [-0.3, -0.25) is 9.36 Å². The van der Waals surface area contributed by atoms with Gasteiger partial charge >= 0.3 is 6.18 Å². The Labute approximate surface area is 186 Å². The predicted molar refractivity (Wildman–Crippen MR) is 115 cm³/mol. The number of carbonyl (C=O) groups excluding carboxylic acids is 1. The SMILES string of the molecule is O=C(CSc1nnc(N2CCOCC2)n1-c1ccccc1)Nc1ccccc1C(F)(F)F. The fraction of sp³-hybridized carbons (Fsp3) is 0.286. The van der Waals surface area contributed by atoms with Crippen molar-refractivity contribution in [3.05, 3.63) is 60.2 Å². The first kappa shape index (κ1) is 22.2. The van der Waals surface area contributed by atoms with Crippen LogP contribution >= 0.6 is 11.8 Å². The van der Waals surface area contributed by atoms with Gasteiger partial charge in [0.15, 0.2) is 5.16 Å². The molecule has 11 heteroatoms. The molecule has 0 unspecified atom stereocenters. The Bertz CT molecular complexity index is 1070. The number of rotatable bonds is 6. The minimum Gasteiger partial charge on any atom is -0.378 e. The summed E-state index contributed by atoms with van der Waals surface area (Å²) in [6.07, 6.45) is -4.56. The number of ether oxygens (including phenoxy) is 1. The third-order valence-corrected chi connectivity index (χ3v) is 5.69. The third kappa shape index (κ3) is 5.05. The second kappa shape index (κ2) is 9.61. The molecule has 0 radical (unpaired) electrons. The van der Waals surface area contributed by atoms with E-state index in [9.17, 15) is 18.0 Å². The molecule has 0 bridgehead atoms. The van der Waals surface area contributed by atoms with Crippen LogP contribution in [0.1, 0.15) is 5.56 Å². The standard InChI is InChI=1S/C21H20F3N5O2S/c22-21(23,24)16-8-4-5-9-17(16)25-18(30)14-32-20-27-26-19(28-10-12-31-13-11-28)29(20)15-6-2-1-3-7-15/h1-9H,10-14H2,(H,25,30). The Hall–Kier alpha value is -3.05. The molecule has 4 rings (SSSR count). The molecule has 32 heavy (non-hydrogen) atoms. The number of alkyl halides is 3. The molecule has 1 aliphatic heterocycles. The molecule has 168 valence electrons. The number of hydrogen-bond acceptors (Lipinski definition) is 6. The average Bonchev–Trinajstić information content (AvgIpc) is 3.22. The van der Waals surface area contributed by atoms with Gasteiger partial charge in [-0.15, -0.1) is 10.2 Å². The van der Waals surface area contributed by atoms with E-state index in [0.717, 1.165) is 23.5 Å². The van der Waals surface area contributed by atoms with E-state index in [2.05, 4.69) is 15.5 Å². The molecule has 3 aromatic rings. The van der Waals surface area contributed by atoms with Crippen LogP contribution in [-0.4, -0.2) is 52.7 Å². The summed E-state index contributed by atoms with van der Waals surface area (Å²) in [5.41, 5.74) is -0.339. The van der Waals surface area contributed by atoms with Crippen LogP contribution in [0.2, 0.25) is 0 Å². The van der Waals surface area contributed by atoms with Gasteiger partial charge in [0.1, 0.15) is 0 Å². The van der Waals surface area contributed by atoms with E-state index in [0.29, 0.717) is 37.4 Å². The minimum atomic E-state index is -4.56. The van der Waals surface area contributed by atoms with Crippen LogP contribution in [0.15, 0.2) is 59.8 Å². The number of nitrogens with one attached hydrogen (secondary N) is 1. The van der Waals surface area contributed by atoms with E-state index < -0.39 is 17.6 Å². The zero-order valence-corrected chi connectivity index (χ0v) is 17.7. The maximum Gasteiger partial charge on any atom is 0.418 e. The van der Waals surface area contributed by atoms with Crippen LogP contribution in [0.4, 0.5) is 24.8 Å². The normalized spacial score (nSPS) is 14.4. The molecule has 1 aromatic heterocycles. The van der Waals surface area contributed by atoms with Gasteiger partial charge in [0, 0.05) is 13.1 Å². The summed E-state index contributed by atoms with van der Waals surface area (Å²) in [5.74, 6) is -0.0626. The van der Waals surface area contributed by atoms with E-state index in [1.807, 2.05) is 39.8 Å². The number of amides is 1. The molecule has 7 nitrogen and oxygen atoms in total. The summed E-state index contributed by atoms with van der Waals surface area (Å²) in [7, 11) is 0. The Kier molecular flexibility index (Phi) is 6.66. The topological polar surface area (TPSA) is 72.3 Å². The Morgan fingerprint density at radius 1 is 1.03 bits per heavy atom. The first-order valence-corrected chi connectivity index (χ1v) is 10.8. The molecule has 0 atom stereocenters. The third-order valence-electron chi connectivity index (χ3n) is 4.76. The number of thioether (sulfide) groups is 1. The van der Waals surface area contributed by atoms with Crippen LogP contribution in [-0.2, 0) is 15.7 Å². The maximum atomic E-state index is 13.2. The summed E-state index contributed by atoms with van der Waals surface area (Å²) >= 11 is 1.11. The highest BCUT2D eigenvalue weighted by atomic mass is 32.2. The molecule has 0 aliphatic carbocycles. The number of para-hydroxylation sites is 2. The van der Waals surface area contributed by atoms with E-state index >= 15 is 0 Å². The molecule has 0 saturated carbocycles. The first-order chi connectivity index (χ1) is 15.4. The van der Waals surface area contributed by atoms with Crippen molar-refractivity contribution in [3.63, 3.8) is 0 Å². The van der Waals surface area contributed by atoms with Crippen molar-refractivity contribution in [1.82, 2.24) is 14.8 Å². The number of hydrogen-bond donors (Lipinski definition) is 1. The molecule has 2 aromatic carbocycles. The Morgan fingerprint density at radius 3 is 2.44 bits per heavy atom. The van der Waals surface area contributed by atoms with Crippen molar-refractivity contribution in [2.45, 2.75) is 11.3 Å². The average molecular weight is 463 g/mol. The second-order valence-corrected chi connectivity index (χ2v) is 7.88. The summed E-state index contributed by atoms with van der Waals surface area (Å²) in [6, 6.07) is 14.3. The molecular weight excluding hydrogens is 443 g/mol. The van der Waals surface area contributed by atoms with E-state index in [-0.39, 0.29) is 11.4 Å². The molecular formula is C21H20F3N5O2S. The zero-order chi connectivity index (χ0) is 22.6. The van der Waals surface area contributed by atoms with Gasteiger partial charge in [-0.1, -0.05) is 42.1 Å². The van der Waals surface area contributed by atoms with Gasteiger partial charge in [0.25, 0.3) is 0 Å². The van der Waals surface area contributed by atoms with Crippen LogP contribution in [0.3, 0.4) is 0 Å². The fourth-order valence-corrected chi connectivity index (χ4v) is 4.03. The zero-order valence-electron chi connectivity index (χ0n) is 16.9. The summed E-state index contributed by atoms with van der Waals surface area (Å²) in [6.45, 7) is 2.46. The summed E-state index contributed by atoms with van der Waals surface area (Å²) in [5, 5.41) is 11.4. The van der Waals surface area contributed by atoms with Gasteiger partial charge in [0.05, 0.1) is 35.9 Å². The number of anilines is 2. The van der Waals surface area contributed by atoms with Gasteiger partial charge < -0.3 is 15.0 Å². The van der Waals surface area contributed by atoms with Gasteiger partial charge in [-0.25, -0.2) is 0 Å².